The summed E-state index contributed by atoms with van der Waals surface area (Å²) in [4.78, 5) is 8.13. The van der Waals surface area contributed by atoms with Crippen molar-refractivity contribution in [3.8, 4) is 11.5 Å². The number of hydrogen-bond acceptors (Lipinski definition) is 4. The van der Waals surface area contributed by atoms with E-state index in [9.17, 15) is 5.11 Å². The number of nitrogens with zero attached hydrogens (tertiary/aromatic N) is 2. The molecule has 0 aliphatic rings. The molecule has 4 nitrogen and oxygen atoms in total. The highest BCUT2D eigenvalue weighted by molar-refractivity contribution is 5.84. The Labute approximate surface area is 81.2 Å². The molecule has 0 aliphatic carbocycles. The maximum atomic E-state index is 9.55. The van der Waals surface area contributed by atoms with Gasteiger partial charge >= 0.3 is 0 Å². The number of phenolic OH excluding ortho intramolecular Hbond substituents is 1. The highest BCUT2D eigenvalue weighted by Gasteiger charge is 2.06. The van der Waals surface area contributed by atoms with Crippen LogP contribution >= 0.6 is 0 Å². The van der Waals surface area contributed by atoms with Gasteiger partial charge in [0.05, 0.1) is 12.6 Å². The van der Waals surface area contributed by atoms with Crippen LogP contribution in [0.2, 0.25) is 0 Å². The Morgan fingerprint density at radius 2 is 2.07 bits per heavy atom. The molecule has 1 N–H and O–H groups in total. The lowest BCUT2D eigenvalue weighted by Crippen LogP contribution is -1.89. The van der Waals surface area contributed by atoms with E-state index in [-0.39, 0.29) is 5.75 Å². The molecule has 14 heavy (non-hydrogen) atoms. The number of fused-ring (bicyclic) bond motifs is 1. The Morgan fingerprint density at radius 3 is 2.79 bits per heavy atom. The Morgan fingerprint density at radius 1 is 1.29 bits per heavy atom. The Hall–Kier alpha value is -1.84. The molecule has 0 spiro atoms. The number of aromatic nitrogens is 2. The first-order valence-corrected chi connectivity index (χ1v) is 4.20. The normalized spacial score (nSPS) is 10.4. The summed E-state index contributed by atoms with van der Waals surface area (Å²) in [6.07, 6.45) is 1.49. The van der Waals surface area contributed by atoms with E-state index >= 15 is 0 Å². The largest absolute Gasteiger partial charge is 0.504 e. The molecule has 0 fully saturated rings. The molecule has 0 saturated heterocycles. The molecule has 2 rings (SSSR count). The minimum atomic E-state index is 0.109. The van der Waals surface area contributed by atoms with Gasteiger partial charge in [0.25, 0.3) is 0 Å². The Bertz CT molecular complexity index is 483. The van der Waals surface area contributed by atoms with Gasteiger partial charge in [-0.15, -0.1) is 0 Å². The molecular formula is C10H10N2O2. The molecule has 0 aliphatic heterocycles. The predicted octanol–water partition coefficient (Wildman–Crippen LogP) is 1.65. The molecule has 2 aromatic rings. The smallest absolute Gasteiger partial charge is 0.162 e. The van der Waals surface area contributed by atoms with E-state index < -0.39 is 0 Å². The fourth-order valence-electron chi connectivity index (χ4n) is 1.36. The zero-order chi connectivity index (χ0) is 10.1. The van der Waals surface area contributed by atoms with Crippen LogP contribution in [0.25, 0.3) is 10.9 Å². The van der Waals surface area contributed by atoms with Gasteiger partial charge in [0.15, 0.2) is 11.5 Å². The second-order valence-corrected chi connectivity index (χ2v) is 3.00. The molecule has 0 unspecified atom stereocenters. The van der Waals surface area contributed by atoms with Crippen molar-refractivity contribution in [1.82, 2.24) is 9.97 Å². The highest BCUT2D eigenvalue weighted by atomic mass is 16.5. The Balaban J connectivity index is 2.79. The zero-order valence-corrected chi connectivity index (χ0v) is 7.98. The quantitative estimate of drug-likeness (QED) is 0.742. The van der Waals surface area contributed by atoms with Crippen molar-refractivity contribution >= 4 is 10.9 Å². The maximum absolute atomic E-state index is 9.55. The highest BCUT2D eigenvalue weighted by Crippen LogP contribution is 2.30. The third kappa shape index (κ3) is 1.25. The number of aryl methyl sites for hydroxylation is 1. The third-order valence-corrected chi connectivity index (χ3v) is 2.14. The minimum absolute atomic E-state index is 0.109. The second kappa shape index (κ2) is 3.14. The van der Waals surface area contributed by atoms with E-state index in [0.717, 1.165) is 16.6 Å². The number of aromatic hydroxyl groups is 1. The van der Waals surface area contributed by atoms with Gasteiger partial charge in [-0.25, -0.2) is 9.97 Å². The van der Waals surface area contributed by atoms with E-state index in [1.54, 1.807) is 12.1 Å². The minimum Gasteiger partial charge on any atom is -0.504 e. The third-order valence-electron chi connectivity index (χ3n) is 2.14. The first-order valence-electron chi connectivity index (χ1n) is 4.20. The molecular weight excluding hydrogens is 180 g/mol. The van der Waals surface area contributed by atoms with Crippen molar-refractivity contribution in [3.05, 3.63) is 24.2 Å². The van der Waals surface area contributed by atoms with Crippen LogP contribution in [0.5, 0.6) is 11.5 Å². The van der Waals surface area contributed by atoms with Crippen molar-refractivity contribution in [3.63, 3.8) is 0 Å². The van der Waals surface area contributed by atoms with Gasteiger partial charge in [-0.2, -0.15) is 0 Å². The zero-order valence-electron chi connectivity index (χ0n) is 7.98. The van der Waals surface area contributed by atoms with Crippen molar-refractivity contribution in [2.24, 2.45) is 0 Å². The fraction of sp³-hybridized carbons (Fsp3) is 0.200. The average Bonchev–Trinajstić information content (AvgIpc) is 2.19. The molecule has 0 radical (unpaired) electrons. The van der Waals surface area contributed by atoms with Gasteiger partial charge in [0.1, 0.15) is 6.33 Å². The van der Waals surface area contributed by atoms with Gasteiger partial charge in [0.2, 0.25) is 0 Å². The summed E-state index contributed by atoms with van der Waals surface area (Å²) in [7, 11) is 1.51. The molecule has 4 heteroatoms. The van der Waals surface area contributed by atoms with Crippen LogP contribution < -0.4 is 4.74 Å². The first kappa shape index (κ1) is 8.74. The van der Waals surface area contributed by atoms with Gasteiger partial charge in [0, 0.05) is 17.1 Å². The van der Waals surface area contributed by atoms with E-state index in [4.69, 9.17) is 4.74 Å². The first-order chi connectivity index (χ1) is 6.72. The van der Waals surface area contributed by atoms with Crippen LogP contribution in [-0.2, 0) is 0 Å². The van der Waals surface area contributed by atoms with Gasteiger partial charge in [-0.1, -0.05) is 0 Å². The number of benzene rings is 1. The Kier molecular flexibility index (Phi) is 1.96. The summed E-state index contributed by atoms with van der Waals surface area (Å²) in [5.74, 6) is 0.536. The summed E-state index contributed by atoms with van der Waals surface area (Å²) in [5.41, 5.74) is 1.61. The van der Waals surface area contributed by atoms with E-state index in [1.165, 1.54) is 13.4 Å². The van der Waals surface area contributed by atoms with Gasteiger partial charge < -0.3 is 9.84 Å². The molecule has 1 aromatic carbocycles. The van der Waals surface area contributed by atoms with Gasteiger partial charge in [-0.3, -0.25) is 0 Å². The molecule has 0 saturated carbocycles. The summed E-state index contributed by atoms with van der Waals surface area (Å²) in [5, 5.41) is 10.4. The lowest BCUT2D eigenvalue weighted by atomic mass is 10.2. The summed E-state index contributed by atoms with van der Waals surface area (Å²) >= 11 is 0. The van der Waals surface area contributed by atoms with Crippen LogP contribution in [0, 0.1) is 6.92 Å². The lowest BCUT2D eigenvalue weighted by molar-refractivity contribution is 0.374. The van der Waals surface area contributed by atoms with Crippen molar-refractivity contribution < 1.29 is 9.84 Å². The summed E-state index contributed by atoms with van der Waals surface area (Å²) in [6, 6.07) is 3.31. The fourth-order valence-corrected chi connectivity index (χ4v) is 1.36. The number of hydrogen-bond donors (Lipinski definition) is 1. The van der Waals surface area contributed by atoms with Crippen LogP contribution in [0.15, 0.2) is 18.5 Å². The van der Waals surface area contributed by atoms with E-state index in [1.807, 2.05) is 6.92 Å². The number of methoxy groups -OCH3 is 1. The van der Waals surface area contributed by atoms with Crippen molar-refractivity contribution in [2.45, 2.75) is 6.92 Å². The number of rotatable bonds is 1. The molecule has 1 aromatic heterocycles. The standard InChI is InChI=1S/C10H10N2O2/c1-6-7-3-9(13)10(14-2)4-8(7)12-5-11-6/h3-5,13H,1-2H3. The van der Waals surface area contributed by atoms with Crippen LogP contribution in [0.3, 0.4) is 0 Å². The van der Waals surface area contributed by atoms with E-state index in [0.29, 0.717) is 5.75 Å². The molecule has 0 bridgehead atoms. The van der Waals surface area contributed by atoms with Crippen LogP contribution in [0.1, 0.15) is 5.69 Å². The second-order valence-electron chi connectivity index (χ2n) is 3.00. The maximum Gasteiger partial charge on any atom is 0.162 e. The van der Waals surface area contributed by atoms with Crippen LogP contribution in [-0.4, -0.2) is 22.2 Å². The van der Waals surface area contributed by atoms with E-state index in [2.05, 4.69) is 9.97 Å². The molecule has 1 heterocycles. The van der Waals surface area contributed by atoms with Crippen molar-refractivity contribution in [1.29, 1.82) is 0 Å². The van der Waals surface area contributed by atoms with Crippen LogP contribution in [0.4, 0.5) is 0 Å². The van der Waals surface area contributed by atoms with Crippen molar-refractivity contribution in [2.75, 3.05) is 7.11 Å². The molecule has 72 valence electrons. The monoisotopic (exact) mass is 190 g/mol. The average molecular weight is 190 g/mol. The summed E-state index contributed by atoms with van der Waals surface area (Å²) < 4.78 is 4.98. The lowest BCUT2D eigenvalue weighted by Gasteiger charge is -2.05. The number of ether oxygens (including phenoxy) is 1. The molecule has 0 atom stereocenters. The topological polar surface area (TPSA) is 55.2 Å². The SMILES string of the molecule is COc1cc2ncnc(C)c2cc1O. The number of phenols is 1. The predicted molar refractivity (Wildman–Crippen MR) is 52.5 cm³/mol. The summed E-state index contributed by atoms with van der Waals surface area (Å²) in [6.45, 7) is 1.87. The molecule has 0 amide bonds. The van der Waals surface area contributed by atoms with Gasteiger partial charge in [-0.05, 0) is 13.0 Å².